The highest BCUT2D eigenvalue weighted by atomic mass is 19.4. The summed E-state index contributed by atoms with van der Waals surface area (Å²) in [7, 11) is 0. The molecular weight excluding hydrogens is 253 g/mol. The number of anilines is 1. The highest BCUT2D eigenvalue weighted by Crippen LogP contribution is 2.32. The fraction of sp³-hybridized carbons (Fsp3) is 0.214. The molecule has 0 radical (unpaired) electrons. The molecule has 0 aliphatic carbocycles. The van der Waals surface area contributed by atoms with Crippen LogP contribution in [0.3, 0.4) is 0 Å². The zero-order valence-corrected chi connectivity index (χ0v) is 10.5. The summed E-state index contributed by atoms with van der Waals surface area (Å²) in [4.78, 5) is 4.29. The molecule has 1 aromatic heterocycles. The van der Waals surface area contributed by atoms with Gasteiger partial charge in [0.05, 0.1) is 22.6 Å². The number of hydrogen-bond acceptors (Lipinski definition) is 2. The van der Waals surface area contributed by atoms with Gasteiger partial charge in [0.25, 0.3) is 0 Å². The third-order valence-corrected chi connectivity index (χ3v) is 2.96. The summed E-state index contributed by atoms with van der Waals surface area (Å²) in [6.45, 7) is 3.40. The second kappa shape index (κ2) is 4.57. The molecule has 19 heavy (non-hydrogen) atoms. The number of nitrogens with two attached hydrogens (primary N) is 1. The SMILES string of the molecule is Cc1cc(C(F)(F)F)ccc1-c1ccc(N)c(C)n1. The van der Waals surface area contributed by atoms with E-state index in [0.29, 0.717) is 28.2 Å². The standard InChI is InChI=1S/C14H13F3N2/c1-8-7-10(14(15,16)17)3-4-11(8)13-6-5-12(18)9(2)19-13/h3-7H,18H2,1-2H3. The highest BCUT2D eigenvalue weighted by molar-refractivity contribution is 5.66. The van der Waals surface area contributed by atoms with E-state index >= 15 is 0 Å². The van der Waals surface area contributed by atoms with E-state index in [1.54, 1.807) is 26.0 Å². The van der Waals surface area contributed by atoms with Crippen molar-refractivity contribution >= 4 is 5.69 Å². The van der Waals surface area contributed by atoms with Crippen molar-refractivity contribution in [2.24, 2.45) is 0 Å². The van der Waals surface area contributed by atoms with Crippen LogP contribution in [0.5, 0.6) is 0 Å². The Morgan fingerprint density at radius 1 is 1.05 bits per heavy atom. The molecule has 2 rings (SSSR count). The summed E-state index contributed by atoms with van der Waals surface area (Å²) in [5.74, 6) is 0. The van der Waals surface area contributed by atoms with Crippen LogP contribution < -0.4 is 5.73 Å². The number of halogens is 3. The van der Waals surface area contributed by atoms with Gasteiger partial charge in [0.15, 0.2) is 0 Å². The number of pyridine rings is 1. The summed E-state index contributed by atoms with van der Waals surface area (Å²) in [6, 6.07) is 7.04. The smallest absolute Gasteiger partial charge is 0.397 e. The van der Waals surface area contributed by atoms with Gasteiger partial charge >= 0.3 is 6.18 Å². The molecule has 0 unspecified atom stereocenters. The normalized spacial score (nSPS) is 11.6. The fourth-order valence-electron chi connectivity index (χ4n) is 1.85. The van der Waals surface area contributed by atoms with Crippen molar-refractivity contribution in [2.75, 3.05) is 5.73 Å². The van der Waals surface area contributed by atoms with Crippen LogP contribution in [0.15, 0.2) is 30.3 Å². The molecule has 1 heterocycles. The third-order valence-electron chi connectivity index (χ3n) is 2.96. The average Bonchev–Trinajstić information content (AvgIpc) is 2.31. The maximum absolute atomic E-state index is 12.6. The van der Waals surface area contributed by atoms with Crippen LogP contribution in [-0.2, 0) is 6.18 Å². The summed E-state index contributed by atoms with van der Waals surface area (Å²) < 4.78 is 37.8. The molecule has 0 fully saturated rings. The first-order chi connectivity index (χ1) is 8.79. The predicted octanol–water partition coefficient (Wildman–Crippen LogP) is 3.97. The van der Waals surface area contributed by atoms with Crippen LogP contribution in [0.2, 0.25) is 0 Å². The minimum atomic E-state index is -4.33. The molecule has 0 atom stereocenters. The monoisotopic (exact) mass is 266 g/mol. The van der Waals surface area contributed by atoms with Gasteiger partial charge in [-0.3, -0.25) is 4.98 Å². The highest BCUT2D eigenvalue weighted by Gasteiger charge is 2.30. The van der Waals surface area contributed by atoms with Gasteiger partial charge < -0.3 is 5.73 Å². The number of rotatable bonds is 1. The van der Waals surface area contributed by atoms with E-state index in [4.69, 9.17) is 5.73 Å². The Morgan fingerprint density at radius 3 is 2.26 bits per heavy atom. The first-order valence-corrected chi connectivity index (χ1v) is 5.70. The number of alkyl halides is 3. The average molecular weight is 266 g/mol. The summed E-state index contributed by atoms with van der Waals surface area (Å²) in [5, 5.41) is 0. The zero-order chi connectivity index (χ0) is 14.2. The Morgan fingerprint density at radius 2 is 1.74 bits per heavy atom. The minimum Gasteiger partial charge on any atom is -0.397 e. The number of nitrogen functional groups attached to an aromatic ring is 1. The molecule has 5 heteroatoms. The first kappa shape index (κ1) is 13.4. The molecule has 2 nitrogen and oxygen atoms in total. The van der Waals surface area contributed by atoms with Gasteiger partial charge in [-0.05, 0) is 43.7 Å². The number of hydrogen-bond donors (Lipinski definition) is 1. The quantitative estimate of drug-likeness (QED) is 0.848. The van der Waals surface area contributed by atoms with E-state index in [0.717, 1.165) is 12.1 Å². The fourth-order valence-corrected chi connectivity index (χ4v) is 1.85. The lowest BCUT2D eigenvalue weighted by atomic mass is 10.0. The molecule has 1 aromatic carbocycles. The van der Waals surface area contributed by atoms with Crippen LogP contribution >= 0.6 is 0 Å². The lowest BCUT2D eigenvalue weighted by Gasteiger charge is -2.11. The van der Waals surface area contributed by atoms with E-state index in [9.17, 15) is 13.2 Å². The molecule has 2 N–H and O–H groups in total. The lowest BCUT2D eigenvalue weighted by molar-refractivity contribution is -0.137. The van der Waals surface area contributed by atoms with E-state index in [2.05, 4.69) is 4.98 Å². The summed E-state index contributed by atoms with van der Waals surface area (Å²) >= 11 is 0. The van der Waals surface area contributed by atoms with E-state index in [1.807, 2.05) is 0 Å². The first-order valence-electron chi connectivity index (χ1n) is 5.70. The molecule has 0 aliphatic rings. The van der Waals surface area contributed by atoms with Crippen LogP contribution in [-0.4, -0.2) is 4.98 Å². The largest absolute Gasteiger partial charge is 0.416 e. The summed E-state index contributed by atoms with van der Waals surface area (Å²) in [5.41, 5.74) is 8.08. The number of aryl methyl sites for hydroxylation is 2. The van der Waals surface area contributed by atoms with Gasteiger partial charge in [0.2, 0.25) is 0 Å². The van der Waals surface area contributed by atoms with E-state index in [-0.39, 0.29) is 0 Å². The van der Waals surface area contributed by atoms with Gasteiger partial charge in [-0.15, -0.1) is 0 Å². The van der Waals surface area contributed by atoms with E-state index < -0.39 is 11.7 Å². The van der Waals surface area contributed by atoms with Crippen LogP contribution in [0, 0.1) is 13.8 Å². The third kappa shape index (κ3) is 2.70. The lowest BCUT2D eigenvalue weighted by Crippen LogP contribution is -2.05. The number of benzene rings is 1. The second-order valence-corrected chi connectivity index (χ2v) is 4.40. The Labute approximate surface area is 109 Å². The van der Waals surface area contributed by atoms with Gasteiger partial charge in [-0.1, -0.05) is 6.07 Å². The van der Waals surface area contributed by atoms with Crippen LogP contribution in [0.1, 0.15) is 16.8 Å². The molecule has 0 bridgehead atoms. The van der Waals surface area contributed by atoms with Gasteiger partial charge in [0.1, 0.15) is 0 Å². The Bertz CT molecular complexity index is 619. The zero-order valence-electron chi connectivity index (χ0n) is 10.5. The maximum Gasteiger partial charge on any atom is 0.416 e. The number of aromatic nitrogens is 1. The second-order valence-electron chi connectivity index (χ2n) is 4.40. The van der Waals surface area contributed by atoms with Crippen molar-refractivity contribution in [1.29, 1.82) is 0 Å². The topological polar surface area (TPSA) is 38.9 Å². The van der Waals surface area contributed by atoms with Crippen molar-refractivity contribution in [1.82, 2.24) is 4.98 Å². The molecular formula is C14H13F3N2. The molecule has 2 aromatic rings. The van der Waals surface area contributed by atoms with Crippen molar-refractivity contribution < 1.29 is 13.2 Å². The molecule has 0 saturated carbocycles. The van der Waals surface area contributed by atoms with Gasteiger partial charge in [-0.25, -0.2) is 0 Å². The van der Waals surface area contributed by atoms with E-state index in [1.165, 1.54) is 6.07 Å². The van der Waals surface area contributed by atoms with Gasteiger partial charge in [0, 0.05) is 5.56 Å². The van der Waals surface area contributed by atoms with Crippen LogP contribution in [0.25, 0.3) is 11.3 Å². The van der Waals surface area contributed by atoms with Crippen molar-refractivity contribution in [3.05, 3.63) is 47.2 Å². The Kier molecular flexibility index (Phi) is 3.22. The molecule has 0 spiro atoms. The minimum absolute atomic E-state index is 0.534. The molecule has 0 aliphatic heterocycles. The molecule has 0 amide bonds. The summed E-state index contributed by atoms with van der Waals surface area (Å²) in [6.07, 6.45) is -4.33. The molecule has 100 valence electrons. The molecule has 0 saturated heterocycles. The predicted molar refractivity (Wildman–Crippen MR) is 68.6 cm³/mol. The maximum atomic E-state index is 12.6. The van der Waals surface area contributed by atoms with Crippen molar-refractivity contribution in [2.45, 2.75) is 20.0 Å². The number of nitrogens with zero attached hydrogens (tertiary/aromatic N) is 1. The van der Waals surface area contributed by atoms with Crippen LogP contribution in [0.4, 0.5) is 18.9 Å². The van der Waals surface area contributed by atoms with Gasteiger partial charge in [-0.2, -0.15) is 13.2 Å². The van der Waals surface area contributed by atoms with Crippen molar-refractivity contribution in [3.63, 3.8) is 0 Å². The Hall–Kier alpha value is -2.04. The Balaban J connectivity index is 2.49. The van der Waals surface area contributed by atoms with Crippen molar-refractivity contribution in [3.8, 4) is 11.3 Å².